The number of carbonyl (C=O) groups is 1. The molecule has 0 bridgehead atoms. The van der Waals surface area contributed by atoms with Crippen LogP contribution in [-0.2, 0) is 9.53 Å². The molecule has 0 atom stereocenters. The van der Waals surface area contributed by atoms with Crippen LogP contribution in [-0.4, -0.2) is 13.1 Å². The molecule has 3 nitrogen and oxygen atoms in total. The maximum Gasteiger partial charge on any atom is 0.317 e. The van der Waals surface area contributed by atoms with Crippen molar-refractivity contribution >= 4 is 11.7 Å². The number of hydrogen-bond donors (Lipinski definition) is 1. The first kappa shape index (κ1) is 10.1. The topological polar surface area (TPSA) is 52.3 Å². The van der Waals surface area contributed by atoms with Crippen LogP contribution in [0, 0.1) is 11.8 Å². The molecule has 0 amide bonds. The molecular formula is C11H11NO2. The van der Waals surface area contributed by atoms with E-state index in [2.05, 4.69) is 16.6 Å². The molecule has 3 heteroatoms. The van der Waals surface area contributed by atoms with Crippen molar-refractivity contribution in [2.75, 3.05) is 12.8 Å². The molecule has 14 heavy (non-hydrogen) atoms. The largest absolute Gasteiger partial charge is 0.468 e. The van der Waals surface area contributed by atoms with Gasteiger partial charge in [0.1, 0.15) is 6.42 Å². The molecule has 72 valence electrons. The third-order valence-corrected chi connectivity index (χ3v) is 1.60. The highest BCUT2D eigenvalue weighted by molar-refractivity contribution is 5.72. The van der Waals surface area contributed by atoms with Crippen LogP contribution in [0.2, 0.25) is 0 Å². The van der Waals surface area contributed by atoms with Crippen molar-refractivity contribution in [3.05, 3.63) is 29.8 Å². The molecule has 0 aromatic heterocycles. The normalized spacial score (nSPS) is 8.64. The van der Waals surface area contributed by atoms with Crippen LogP contribution in [0.4, 0.5) is 5.69 Å². The Bertz CT molecular complexity index is 371. The Morgan fingerprint density at radius 2 is 2.07 bits per heavy atom. The van der Waals surface area contributed by atoms with Crippen LogP contribution in [0.5, 0.6) is 0 Å². The molecule has 0 radical (unpaired) electrons. The summed E-state index contributed by atoms with van der Waals surface area (Å²) in [5.41, 5.74) is 7.04. The SMILES string of the molecule is COC(=O)CC#Cc1ccc(N)cc1. The van der Waals surface area contributed by atoms with Gasteiger partial charge in [-0.3, -0.25) is 4.79 Å². The summed E-state index contributed by atoms with van der Waals surface area (Å²) in [5, 5.41) is 0. The summed E-state index contributed by atoms with van der Waals surface area (Å²) in [5.74, 6) is 5.21. The van der Waals surface area contributed by atoms with Gasteiger partial charge in [0.15, 0.2) is 0 Å². The van der Waals surface area contributed by atoms with Gasteiger partial charge in [-0.1, -0.05) is 11.8 Å². The average Bonchev–Trinajstić information content (AvgIpc) is 2.21. The van der Waals surface area contributed by atoms with Crippen molar-refractivity contribution in [1.82, 2.24) is 0 Å². The van der Waals surface area contributed by atoms with Gasteiger partial charge in [0.2, 0.25) is 0 Å². The van der Waals surface area contributed by atoms with Crippen molar-refractivity contribution in [3.8, 4) is 11.8 Å². The van der Waals surface area contributed by atoms with E-state index in [-0.39, 0.29) is 12.4 Å². The summed E-state index contributed by atoms with van der Waals surface area (Å²) >= 11 is 0. The van der Waals surface area contributed by atoms with Gasteiger partial charge < -0.3 is 10.5 Å². The Hall–Kier alpha value is -1.95. The summed E-state index contributed by atoms with van der Waals surface area (Å²) in [6.45, 7) is 0. The van der Waals surface area contributed by atoms with E-state index in [9.17, 15) is 4.79 Å². The van der Waals surface area contributed by atoms with Crippen LogP contribution in [0.25, 0.3) is 0 Å². The second-order valence-electron chi connectivity index (χ2n) is 2.68. The van der Waals surface area contributed by atoms with Gasteiger partial charge in [-0.15, -0.1) is 0 Å². The minimum Gasteiger partial charge on any atom is -0.468 e. The van der Waals surface area contributed by atoms with Crippen molar-refractivity contribution in [2.45, 2.75) is 6.42 Å². The Balaban J connectivity index is 2.59. The molecule has 2 N–H and O–H groups in total. The van der Waals surface area contributed by atoms with Gasteiger partial charge in [0, 0.05) is 11.3 Å². The van der Waals surface area contributed by atoms with E-state index in [0.717, 1.165) is 5.56 Å². The first-order valence-corrected chi connectivity index (χ1v) is 4.13. The quantitative estimate of drug-likeness (QED) is 0.410. The Kier molecular flexibility index (Phi) is 3.57. The van der Waals surface area contributed by atoms with Gasteiger partial charge in [0.05, 0.1) is 7.11 Å². The number of hydrogen-bond acceptors (Lipinski definition) is 3. The number of nitrogens with two attached hydrogens (primary N) is 1. The van der Waals surface area contributed by atoms with E-state index < -0.39 is 0 Å². The van der Waals surface area contributed by atoms with Gasteiger partial charge in [-0.2, -0.15) is 0 Å². The molecule has 0 aliphatic carbocycles. The zero-order chi connectivity index (χ0) is 10.4. The lowest BCUT2D eigenvalue weighted by Crippen LogP contribution is -1.96. The number of rotatable bonds is 1. The molecule has 0 fully saturated rings. The number of nitrogen functional groups attached to an aromatic ring is 1. The van der Waals surface area contributed by atoms with Gasteiger partial charge >= 0.3 is 5.97 Å². The third-order valence-electron chi connectivity index (χ3n) is 1.60. The van der Waals surface area contributed by atoms with E-state index in [0.29, 0.717) is 5.69 Å². The predicted molar refractivity (Wildman–Crippen MR) is 54.4 cm³/mol. The van der Waals surface area contributed by atoms with Crippen LogP contribution >= 0.6 is 0 Å². The van der Waals surface area contributed by atoms with Gasteiger partial charge in [0.25, 0.3) is 0 Å². The Labute approximate surface area is 82.9 Å². The van der Waals surface area contributed by atoms with Crippen molar-refractivity contribution < 1.29 is 9.53 Å². The van der Waals surface area contributed by atoms with Crippen LogP contribution in [0.3, 0.4) is 0 Å². The Morgan fingerprint density at radius 3 is 2.64 bits per heavy atom. The number of methoxy groups -OCH3 is 1. The predicted octanol–water partition coefficient (Wildman–Crippen LogP) is 1.18. The van der Waals surface area contributed by atoms with E-state index in [1.807, 2.05) is 0 Å². The fraction of sp³-hybridized carbons (Fsp3) is 0.182. The molecular weight excluding hydrogens is 178 g/mol. The second kappa shape index (κ2) is 4.93. The summed E-state index contributed by atoms with van der Waals surface area (Å²) in [7, 11) is 1.34. The zero-order valence-corrected chi connectivity index (χ0v) is 7.91. The number of esters is 1. The molecule has 0 saturated heterocycles. The first-order valence-electron chi connectivity index (χ1n) is 4.13. The maximum atomic E-state index is 10.7. The molecule has 1 rings (SSSR count). The first-order chi connectivity index (χ1) is 6.72. The van der Waals surface area contributed by atoms with E-state index >= 15 is 0 Å². The lowest BCUT2D eigenvalue weighted by molar-refractivity contribution is -0.139. The third kappa shape index (κ3) is 3.20. The molecule has 0 heterocycles. The summed E-state index contributed by atoms with van der Waals surface area (Å²) in [6, 6.07) is 7.14. The summed E-state index contributed by atoms with van der Waals surface area (Å²) in [6.07, 6.45) is 0.112. The lowest BCUT2D eigenvalue weighted by Gasteiger charge is -1.92. The van der Waals surface area contributed by atoms with Crippen molar-refractivity contribution in [2.24, 2.45) is 0 Å². The standard InChI is InChI=1S/C11H11NO2/c1-14-11(13)4-2-3-9-5-7-10(12)8-6-9/h5-8H,4,12H2,1H3. The number of anilines is 1. The molecule has 1 aromatic rings. The molecule has 0 unspecified atom stereocenters. The molecule has 0 saturated carbocycles. The average molecular weight is 189 g/mol. The molecule has 0 aliphatic heterocycles. The van der Waals surface area contributed by atoms with E-state index in [1.54, 1.807) is 24.3 Å². The highest BCUT2D eigenvalue weighted by Crippen LogP contribution is 2.03. The number of benzene rings is 1. The molecule has 0 spiro atoms. The van der Waals surface area contributed by atoms with Gasteiger partial charge in [-0.05, 0) is 24.3 Å². The van der Waals surface area contributed by atoms with E-state index in [4.69, 9.17) is 5.73 Å². The maximum absolute atomic E-state index is 10.7. The van der Waals surface area contributed by atoms with Crippen LogP contribution in [0.15, 0.2) is 24.3 Å². The molecule has 0 aliphatic rings. The zero-order valence-electron chi connectivity index (χ0n) is 7.91. The van der Waals surface area contributed by atoms with Gasteiger partial charge in [-0.25, -0.2) is 0 Å². The number of carbonyl (C=O) groups excluding carboxylic acids is 1. The minimum atomic E-state index is -0.326. The highest BCUT2D eigenvalue weighted by atomic mass is 16.5. The van der Waals surface area contributed by atoms with E-state index in [1.165, 1.54) is 7.11 Å². The lowest BCUT2D eigenvalue weighted by atomic mass is 10.2. The smallest absolute Gasteiger partial charge is 0.317 e. The second-order valence-corrected chi connectivity index (χ2v) is 2.68. The Morgan fingerprint density at radius 1 is 1.43 bits per heavy atom. The number of ether oxygens (including phenoxy) is 1. The minimum absolute atomic E-state index is 0.112. The van der Waals surface area contributed by atoms with Crippen LogP contribution < -0.4 is 5.73 Å². The molecule has 1 aromatic carbocycles. The highest BCUT2D eigenvalue weighted by Gasteiger charge is 1.93. The van der Waals surface area contributed by atoms with Crippen molar-refractivity contribution in [1.29, 1.82) is 0 Å². The van der Waals surface area contributed by atoms with Crippen LogP contribution in [0.1, 0.15) is 12.0 Å². The van der Waals surface area contributed by atoms with Crippen molar-refractivity contribution in [3.63, 3.8) is 0 Å². The monoisotopic (exact) mass is 189 g/mol. The fourth-order valence-electron chi connectivity index (χ4n) is 0.857. The summed E-state index contributed by atoms with van der Waals surface area (Å²) < 4.78 is 4.45. The summed E-state index contributed by atoms with van der Waals surface area (Å²) in [4.78, 5) is 10.7. The fourth-order valence-corrected chi connectivity index (χ4v) is 0.857.